The maximum atomic E-state index is 11.9. The van der Waals surface area contributed by atoms with Crippen molar-refractivity contribution in [1.29, 1.82) is 0 Å². The summed E-state index contributed by atoms with van der Waals surface area (Å²) in [7, 11) is 0. The number of halogens is 2. The van der Waals surface area contributed by atoms with Gasteiger partial charge in [-0.05, 0) is 46.0 Å². The average Bonchev–Trinajstić information content (AvgIpc) is 2.92. The maximum absolute atomic E-state index is 11.9. The third-order valence-electron chi connectivity index (χ3n) is 3.29. The van der Waals surface area contributed by atoms with Crippen molar-refractivity contribution < 1.29 is 14.0 Å². The number of hydrogen-bond acceptors (Lipinski definition) is 6. The molecule has 2 atom stereocenters. The monoisotopic (exact) mass is 433 g/mol. The van der Waals surface area contributed by atoms with E-state index in [4.69, 9.17) is 0 Å². The summed E-state index contributed by atoms with van der Waals surface area (Å²) in [6.45, 7) is 6.10. The van der Waals surface area contributed by atoms with E-state index in [9.17, 15) is 14.1 Å². The molecule has 2 unspecified atom stereocenters. The van der Waals surface area contributed by atoms with E-state index in [0.29, 0.717) is 18.9 Å². The summed E-state index contributed by atoms with van der Waals surface area (Å²) >= 11 is 5.01. The Hall–Kier alpha value is -1.61. The third kappa shape index (κ3) is 7.87. The number of thiazole rings is 1. The predicted octanol–water partition coefficient (Wildman–Crippen LogP) is 5.08. The second-order valence-corrected chi connectivity index (χ2v) is 7.72. The molecule has 138 valence electrons. The standard InChI is InChI=1S/C12H13BrN2OS.C4H8FNO2/c1-7(6-14-8(2)16)9-3-4-10-11(5-9)17-12(13)15-10;1-2-3-4(5)8-6-7/h3-5,7H,6H2,1-2H3,(H,14,16);4H,2-3H2,1H3. The van der Waals surface area contributed by atoms with Crippen LogP contribution in [0.5, 0.6) is 0 Å². The van der Waals surface area contributed by atoms with Crippen molar-refractivity contribution in [3.63, 3.8) is 0 Å². The van der Waals surface area contributed by atoms with Gasteiger partial charge in [-0.3, -0.25) is 4.79 Å². The highest BCUT2D eigenvalue weighted by Crippen LogP contribution is 2.28. The number of fused-ring (bicyclic) bond motifs is 1. The summed E-state index contributed by atoms with van der Waals surface area (Å²) in [6.07, 6.45) is -0.639. The van der Waals surface area contributed by atoms with Crippen LogP contribution in [-0.4, -0.2) is 23.8 Å². The number of rotatable bonds is 7. The van der Waals surface area contributed by atoms with Crippen molar-refractivity contribution in [3.8, 4) is 0 Å². The molecule has 6 nitrogen and oxygen atoms in total. The molecule has 0 spiro atoms. The molecule has 2 aromatic rings. The molecule has 0 radical (unpaired) electrons. The van der Waals surface area contributed by atoms with Gasteiger partial charge in [0.2, 0.25) is 5.91 Å². The highest BCUT2D eigenvalue weighted by atomic mass is 79.9. The van der Waals surface area contributed by atoms with Gasteiger partial charge < -0.3 is 10.2 Å². The fraction of sp³-hybridized carbons (Fsp3) is 0.500. The molecule has 0 fully saturated rings. The number of hydrogen-bond donors (Lipinski definition) is 1. The molecule has 2 rings (SSSR count). The minimum Gasteiger partial charge on any atom is -0.356 e. The average molecular weight is 434 g/mol. The van der Waals surface area contributed by atoms with E-state index in [2.05, 4.69) is 50.1 Å². The van der Waals surface area contributed by atoms with Crippen LogP contribution >= 0.6 is 27.3 Å². The van der Waals surface area contributed by atoms with Crippen molar-refractivity contribution >= 4 is 43.4 Å². The highest BCUT2D eigenvalue weighted by molar-refractivity contribution is 9.11. The van der Waals surface area contributed by atoms with Gasteiger partial charge in [0.15, 0.2) is 9.26 Å². The number of nitrogens with zero attached hydrogens (tertiary/aromatic N) is 2. The molecule has 25 heavy (non-hydrogen) atoms. The van der Waals surface area contributed by atoms with Crippen LogP contribution in [0.3, 0.4) is 0 Å². The molecule has 0 aliphatic heterocycles. The third-order valence-corrected chi connectivity index (χ3v) is 4.76. The first-order valence-electron chi connectivity index (χ1n) is 7.80. The van der Waals surface area contributed by atoms with E-state index in [1.807, 2.05) is 11.4 Å². The normalized spacial score (nSPS) is 12.7. The molecule has 9 heteroatoms. The van der Waals surface area contributed by atoms with Gasteiger partial charge >= 0.3 is 0 Å². The van der Waals surface area contributed by atoms with E-state index in [0.717, 1.165) is 9.43 Å². The largest absolute Gasteiger partial charge is 0.356 e. The quantitative estimate of drug-likeness (QED) is 0.487. The number of alkyl halides is 1. The topological polar surface area (TPSA) is 80.7 Å². The van der Waals surface area contributed by atoms with Gasteiger partial charge in [0.1, 0.15) is 0 Å². The van der Waals surface area contributed by atoms with Gasteiger partial charge in [0.25, 0.3) is 6.36 Å². The molecular weight excluding hydrogens is 413 g/mol. The van der Waals surface area contributed by atoms with Crippen LogP contribution in [0.1, 0.15) is 45.1 Å². The Morgan fingerprint density at radius 1 is 1.52 bits per heavy atom. The molecule has 1 amide bonds. The zero-order valence-corrected chi connectivity index (χ0v) is 16.7. The molecule has 0 saturated carbocycles. The number of aromatic nitrogens is 1. The van der Waals surface area contributed by atoms with Crippen molar-refractivity contribution in [2.24, 2.45) is 5.34 Å². The van der Waals surface area contributed by atoms with Gasteiger partial charge in [-0.15, -0.1) is 16.2 Å². The molecule has 1 N–H and O–H groups in total. The number of carbonyl (C=O) groups is 1. The summed E-state index contributed by atoms with van der Waals surface area (Å²) in [5.74, 6) is 0.322. The molecular formula is C16H21BrFN3O3S. The number of carbonyl (C=O) groups excluding carboxylic acids is 1. The molecule has 1 heterocycles. The molecule has 0 saturated heterocycles. The minimum atomic E-state index is -1.52. The molecule has 0 aliphatic rings. The Morgan fingerprint density at radius 2 is 2.24 bits per heavy atom. The van der Waals surface area contributed by atoms with Crippen molar-refractivity contribution in [3.05, 3.63) is 32.6 Å². The van der Waals surface area contributed by atoms with E-state index in [-0.39, 0.29) is 12.3 Å². The number of amides is 1. The van der Waals surface area contributed by atoms with Crippen LogP contribution < -0.4 is 5.32 Å². The SMILES string of the molecule is CC(=O)NCC(C)c1ccc2nc(Br)sc2c1.CCCC(F)ON=O. The zero-order valence-electron chi connectivity index (χ0n) is 14.3. The Kier molecular flexibility index (Phi) is 9.51. The Morgan fingerprint density at radius 3 is 2.84 bits per heavy atom. The Bertz CT molecular complexity index is 698. The lowest BCUT2D eigenvalue weighted by Gasteiger charge is -2.11. The Labute approximate surface area is 158 Å². The predicted molar refractivity (Wildman–Crippen MR) is 101 cm³/mol. The minimum absolute atomic E-state index is 0.0125. The van der Waals surface area contributed by atoms with Crippen molar-refractivity contribution in [2.75, 3.05) is 6.54 Å². The van der Waals surface area contributed by atoms with Crippen LogP contribution in [0.4, 0.5) is 4.39 Å². The van der Waals surface area contributed by atoms with Crippen LogP contribution in [0.15, 0.2) is 27.5 Å². The number of benzene rings is 1. The van der Waals surface area contributed by atoms with Crippen LogP contribution in [0, 0.1) is 4.91 Å². The highest BCUT2D eigenvalue weighted by Gasteiger charge is 2.09. The first-order valence-corrected chi connectivity index (χ1v) is 9.41. The lowest BCUT2D eigenvalue weighted by molar-refractivity contribution is -0.119. The lowest BCUT2D eigenvalue weighted by Crippen LogP contribution is -2.24. The summed E-state index contributed by atoms with van der Waals surface area (Å²) in [5.41, 5.74) is 2.24. The van der Waals surface area contributed by atoms with Gasteiger partial charge in [-0.2, -0.15) is 4.39 Å². The summed E-state index contributed by atoms with van der Waals surface area (Å²) in [4.78, 5) is 28.1. The fourth-order valence-corrected chi connectivity index (χ4v) is 3.41. The molecule has 1 aromatic carbocycles. The fourth-order valence-electron chi connectivity index (χ4n) is 1.96. The van der Waals surface area contributed by atoms with E-state index in [1.54, 1.807) is 18.3 Å². The first-order chi connectivity index (χ1) is 11.9. The van der Waals surface area contributed by atoms with Crippen LogP contribution in [-0.2, 0) is 9.63 Å². The second-order valence-electron chi connectivity index (χ2n) is 5.41. The van der Waals surface area contributed by atoms with E-state index >= 15 is 0 Å². The first kappa shape index (κ1) is 21.4. The lowest BCUT2D eigenvalue weighted by atomic mass is 10.0. The van der Waals surface area contributed by atoms with E-state index in [1.165, 1.54) is 17.2 Å². The van der Waals surface area contributed by atoms with Crippen LogP contribution in [0.2, 0.25) is 0 Å². The Balaban J connectivity index is 0.000000333. The zero-order chi connectivity index (χ0) is 18.8. The van der Waals surface area contributed by atoms with Gasteiger partial charge in [-0.1, -0.05) is 19.9 Å². The van der Waals surface area contributed by atoms with Gasteiger partial charge in [-0.25, -0.2) is 4.98 Å². The second kappa shape index (κ2) is 11.1. The van der Waals surface area contributed by atoms with E-state index < -0.39 is 6.36 Å². The molecule has 1 aromatic heterocycles. The van der Waals surface area contributed by atoms with Crippen molar-refractivity contribution in [1.82, 2.24) is 10.3 Å². The molecule has 0 aliphatic carbocycles. The summed E-state index contributed by atoms with van der Waals surface area (Å²) in [5, 5.41) is 4.77. The summed E-state index contributed by atoms with van der Waals surface area (Å²) in [6, 6.07) is 6.24. The van der Waals surface area contributed by atoms with Gasteiger partial charge in [0, 0.05) is 19.9 Å². The van der Waals surface area contributed by atoms with Crippen molar-refractivity contribution in [2.45, 2.75) is 45.9 Å². The smallest absolute Gasteiger partial charge is 0.267 e. The summed E-state index contributed by atoms with van der Waals surface area (Å²) < 4.78 is 14.0. The molecule has 0 bridgehead atoms. The van der Waals surface area contributed by atoms with Crippen LogP contribution in [0.25, 0.3) is 10.2 Å². The number of nitrogens with one attached hydrogen (secondary N) is 1. The maximum Gasteiger partial charge on any atom is 0.267 e. The van der Waals surface area contributed by atoms with Gasteiger partial charge in [0.05, 0.1) is 10.2 Å².